The summed E-state index contributed by atoms with van der Waals surface area (Å²) in [5, 5.41) is 3.38. The Morgan fingerprint density at radius 3 is 2.77 bits per heavy atom. The number of para-hydroxylation sites is 2. The Bertz CT molecular complexity index is 857. The number of nitrogens with two attached hydrogens (primary N) is 1. The Balaban J connectivity index is 1.39. The van der Waals surface area contributed by atoms with E-state index in [-0.39, 0.29) is 0 Å². The van der Waals surface area contributed by atoms with Crippen LogP contribution in [0.15, 0.2) is 46.9 Å². The third-order valence-electron chi connectivity index (χ3n) is 4.61. The number of hydrogen-bond donors (Lipinski definition) is 2. The molecule has 1 saturated heterocycles. The summed E-state index contributed by atoms with van der Waals surface area (Å²) in [4.78, 5) is 6.84. The van der Waals surface area contributed by atoms with Gasteiger partial charge in [0.1, 0.15) is 17.0 Å². The molecule has 0 unspecified atom stereocenters. The normalized spacial score (nSPS) is 16.2. The Kier molecular flexibility index (Phi) is 5.01. The summed E-state index contributed by atoms with van der Waals surface area (Å²) in [5.74, 6) is 2.13. The minimum atomic E-state index is -0.630. The molecule has 136 valence electrons. The molecule has 1 fully saturated rings. The highest BCUT2D eigenvalue weighted by Crippen LogP contribution is 2.28. The van der Waals surface area contributed by atoms with Gasteiger partial charge < -0.3 is 20.0 Å². The van der Waals surface area contributed by atoms with Crippen molar-refractivity contribution in [1.29, 1.82) is 0 Å². The third-order valence-corrected chi connectivity index (χ3v) is 5.88. The number of nitrogens with zero attached hydrogens (tertiary/aromatic N) is 2. The molecule has 0 spiro atoms. The van der Waals surface area contributed by atoms with Gasteiger partial charge in [-0.2, -0.15) is 0 Å². The lowest BCUT2D eigenvalue weighted by Gasteiger charge is -2.28. The fraction of sp³-hybridized carbons (Fsp3) is 0.316. The van der Waals surface area contributed by atoms with Gasteiger partial charge in [0.15, 0.2) is 5.58 Å². The fourth-order valence-electron chi connectivity index (χ4n) is 3.10. The summed E-state index contributed by atoms with van der Waals surface area (Å²) in [7, 11) is 0. The van der Waals surface area contributed by atoms with E-state index in [2.05, 4.69) is 15.2 Å². The van der Waals surface area contributed by atoms with Crippen LogP contribution in [0.4, 0.5) is 11.4 Å². The lowest BCUT2D eigenvalue weighted by atomic mass is 10.1. The van der Waals surface area contributed by atoms with Gasteiger partial charge in [0.05, 0.1) is 11.4 Å². The minimum absolute atomic E-state index is 0.575. The average Bonchev–Trinajstić information content (AvgIpc) is 3.09. The first-order valence-corrected chi connectivity index (χ1v) is 10.2. The van der Waals surface area contributed by atoms with E-state index >= 15 is 0 Å². The van der Waals surface area contributed by atoms with Gasteiger partial charge in [0, 0.05) is 31.7 Å². The smallest absolute Gasteiger partial charge is 0.227 e. The number of nitrogens with one attached hydrogen (secondary N) is 1. The number of rotatable bonds is 5. The van der Waals surface area contributed by atoms with Crippen molar-refractivity contribution in [1.82, 2.24) is 9.88 Å². The largest absolute Gasteiger partial charge is 0.616 e. The Morgan fingerprint density at radius 2 is 2.00 bits per heavy atom. The predicted molar refractivity (Wildman–Crippen MR) is 107 cm³/mol. The Morgan fingerprint density at radius 1 is 1.19 bits per heavy atom. The van der Waals surface area contributed by atoms with Crippen LogP contribution in [-0.2, 0) is 11.2 Å². The zero-order chi connectivity index (χ0) is 17.9. The van der Waals surface area contributed by atoms with Crippen LogP contribution >= 0.6 is 0 Å². The summed E-state index contributed by atoms with van der Waals surface area (Å²) < 4.78 is 17.2. The van der Waals surface area contributed by atoms with Crippen LogP contribution in [0.5, 0.6) is 0 Å². The zero-order valence-corrected chi connectivity index (χ0v) is 15.3. The molecule has 1 aliphatic heterocycles. The number of fused-ring (bicyclic) bond motifs is 1. The molecule has 0 saturated carbocycles. The fourth-order valence-corrected chi connectivity index (χ4v) is 4.23. The molecule has 0 bridgehead atoms. The highest BCUT2D eigenvalue weighted by molar-refractivity contribution is 7.91. The van der Waals surface area contributed by atoms with E-state index in [4.69, 9.17) is 10.2 Å². The van der Waals surface area contributed by atoms with Gasteiger partial charge in [0.25, 0.3) is 0 Å². The van der Waals surface area contributed by atoms with Gasteiger partial charge in [-0.25, -0.2) is 4.98 Å². The van der Waals surface area contributed by atoms with E-state index in [1.807, 2.05) is 42.5 Å². The Hall–Kier alpha value is -2.22. The molecule has 7 heteroatoms. The van der Waals surface area contributed by atoms with E-state index < -0.39 is 11.2 Å². The first-order chi connectivity index (χ1) is 12.7. The van der Waals surface area contributed by atoms with Crippen molar-refractivity contribution in [2.75, 3.05) is 48.7 Å². The molecule has 0 radical (unpaired) electrons. The number of nitrogen functional groups attached to an aromatic ring is 1. The summed E-state index contributed by atoms with van der Waals surface area (Å²) >= 11 is -0.630. The molecule has 0 amide bonds. The number of aromatic nitrogens is 1. The second-order valence-electron chi connectivity index (χ2n) is 6.41. The van der Waals surface area contributed by atoms with Crippen LogP contribution in [0.3, 0.4) is 0 Å². The monoisotopic (exact) mass is 370 g/mol. The van der Waals surface area contributed by atoms with Crippen molar-refractivity contribution in [2.24, 2.45) is 0 Å². The van der Waals surface area contributed by atoms with Gasteiger partial charge in [-0.3, -0.25) is 4.90 Å². The molecule has 6 nitrogen and oxygen atoms in total. The van der Waals surface area contributed by atoms with E-state index in [1.165, 1.54) is 0 Å². The number of benzene rings is 2. The minimum Gasteiger partial charge on any atom is -0.616 e. The molecule has 26 heavy (non-hydrogen) atoms. The van der Waals surface area contributed by atoms with E-state index in [0.29, 0.717) is 11.6 Å². The second kappa shape index (κ2) is 7.57. The summed E-state index contributed by atoms with van der Waals surface area (Å²) in [6, 6.07) is 13.5. The van der Waals surface area contributed by atoms with Gasteiger partial charge in [0.2, 0.25) is 5.89 Å². The maximum atomic E-state index is 11.4. The average molecular weight is 370 g/mol. The van der Waals surface area contributed by atoms with Gasteiger partial charge in [-0.05, 0) is 30.3 Å². The van der Waals surface area contributed by atoms with Crippen molar-refractivity contribution in [3.05, 3.63) is 42.5 Å². The first-order valence-electron chi connectivity index (χ1n) is 8.76. The van der Waals surface area contributed by atoms with Crippen molar-refractivity contribution in [3.8, 4) is 11.5 Å². The van der Waals surface area contributed by atoms with Gasteiger partial charge in [-0.15, -0.1) is 0 Å². The predicted octanol–water partition coefficient (Wildman–Crippen LogP) is 2.55. The summed E-state index contributed by atoms with van der Waals surface area (Å²) in [5.41, 5.74) is 10.3. The van der Waals surface area contributed by atoms with Crippen LogP contribution < -0.4 is 11.1 Å². The first kappa shape index (κ1) is 17.2. The van der Waals surface area contributed by atoms with E-state index in [0.717, 1.165) is 60.0 Å². The molecule has 4 rings (SSSR count). The molecule has 2 heterocycles. The van der Waals surface area contributed by atoms with Crippen LogP contribution in [-0.4, -0.2) is 52.1 Å². The van der Waals surface area contributed by atoms with E-state index in [9.17, 15) is 4.55 Å². The lowest BCUT2D eigenvalue weighted by Crippen LogP contribution is -2.42. The molecule has 3 N–H and O–H groups in total. The molecular formula is C19H22N4O2S. The molecule has 1 aromatic heterocycles. The number of oxazole rings is 1. The molecule has 0 aliphatic carbocycles. The molecule has 1 aliphatic rings. The summed E-state index contributed by atoms with van der Waals surface area (Å²) in [6.45, 7) is 3.53. The van der Waals surface area contributed by atoms with Crippen molar-refractivity contribution >= 4 is 33.7 Å². The van der Waals surface area contributed by atoms with Crippen molar-refractivity contribution in [3.63, 3.8) is 0 Å². The van der Waals surface area contributed by atoms with Gasteiger partial charge in [-0.1, -0.05) is 23.3 Å². The molecular weight excluding hydrogens is 348 g/mol. The van der Waals surface area contributed by atoms with Gasteiger partial charge >= 0.3 is 0 Å². The topological polar surface area (TPSA) is 90.4 Å². The maximum Gasteiger partial charge on any atom is 0.227 e. The highest BCUT2D eigenvalue weighted by atomic mass is 32.2. The zero-order valence-electron chi connectivity index (χ0n) is 14.5. The lowest BCUT2D eigenvalue weighted by molar-refractivity contribution is 0.307. The number of hydrogen-bond acceptors (Lipinski definition) is 6. The van der Waals surface area contributed by atoms with Crippen LogP contribution in [0, 0.1) is 0 Å². The van der Waals surface area contributed by atoms with Crippen LogP contribution in [0.25, 0.3) is 22.6 Å². The number of anilines is 2. The molecule has 3 aromatic rings. The van der Waals surface area contributed by atoms with Crippen LogP contribution in [0.2, 0.25) is 0 Å². The van der Waals surface area contributed by atoms with Crippen LogP contribution in [0.1, 0.15) is 0 Å². The molecule has 2 aromatic carbocycles. The third kappa shape index (κ3) is 3.80. The maximum absolute atomic E-state index is 11.4. The Labute approximate surface area is 155 Å². The standard InChI is InChI=1S/C19H22N4O2S/c20-15-13-14(19-22-17-3-1-2-4-18(17)25-19)5-6-16(15)21-7-8-23-9-11-26(24)12-10-23/h1-6,13,21H,7-12,20H2. The molecule has 0 atom stereocenters. The summed E-state index contributed by atoms with van der Waals surface area (Å²) in [6.07, 6.45) is 0. The van der Waals surface area contributed by atoms with Crippen molar-refractivity contribution in [2.45, 2.75) is 0 Å². The second-order valence-corrected chi connectivity index (χ2v) is 8.10. The highest BCUT2D eigenvalue weighted by Gasteiger charge is 2.18. The quantitative estimate of drug-likeness (QED) is 0.530. The SMILES string of the molecule is Nc1cc(-c2nc3ccccc3o2)ccc1NCCN1CC[S+]([O-])CC1. The van der Waals surface area contributed by atoms with Crippen molar-refractivity contribution < 1.29 is 8.97 Å². The van der Waals surface area contributed by atoms with E-state index in [1.54, 1.807) is 0 Å².